The normalized spacial score (nSPS) is 9.11. The van der Waals surface area contributed by atoms with Gasteiger partial charge >= 0.3 is 11.9 Å². The Morgan fingerprint density at radius 3 is 2.26 bits per heavy atom. The molecule has 100 valence electrons. The van der Waals surface area contributed by atoms with Crippen molar-refractivity contribution >= 4 is 18.0 Å². The lowest BCUT2D eigenvalue weighted by molar-refractivity contribution is -0.140. The monoisotopic (exact) mass is 261 g/mol. The summed E-state index contributed by atoms with van der Waals surface area (Å²) >= 11 is 0. The minimum atomic E-state index is -0.982. The third kappa shape index (κ3) is 9.12. The summed E-state index contributed by atoms with van der Waals surface area (Å²) in [5, 5.41) is 16.8. The van der Waals surface area contributed by atoms with Gasteiger partial charge in [-0.25, -0.2) is 4.79 Å². The van der Waals surface area contributed by atoms with Crippen molar-refractivity contribution in [2.45, 2.75) is 13.8 Å². The molecule has 1 aromatic carbocycles. The predicted molar refractivity (Wildman–Crippen MR) is 70.1 cm³/mol. The zero-order chi connectivity index (χ0) is 14.7. The molecule has 0 fully saturated rings. The fourth-order valence-corrected chi connectivity index (χ4v) is 1.04. The maximum absolute atomic E-state index is 10.2. The smallest absolute Gasteiger partial charge is 0.328 e. The van der Waals surface area contributed by atoms with Crippen LogP contribution >= 0.6 is 0 Å². The number of hydrogen-bond donors (Lipinski definition) is 1. The molecule has 0 aliphatic rings. The molecular weight excluding hydrogens is 246 g/mol. The van der Waals surface area contributed by atoms with Gasteiger partial charge in [0, 0.05) is 13.0 Å². The molecular formula is C14H15NO4. The fourth-order valence-electron chi connectivity index (χ4n) is 1.04. The molecule has 0 radical (unpaired) electrons. The number of benzene rings is 1. The van der Waals surface area contributed by atoms with E-state index in [0.717, 1.165) is 11.6 Å². The Hall–Kier alpha value is -2.61. The van der Waals surface area contributed by atoms with Crippen LogP contribution in [0.2, 0.25) is 0 Å². The number of rotatable bonds is 3. The molecule has 0 unspecified atom stereocenters. The molecule has 5 nitrogen and oxygen atoms in total. The van der Waals surface area contributed by atoms with Crippen LogP contribution in [0.25, 0.3) is 6.08 Å². The number of ether oxygens (including phenoxy) is 1. The quantitative estimate of drug-likeness (QED) is 0.665. The second-order valence-corrected chi connectivity index (χ2v) is 3.33. The zero-order valence-electron chi connectivity index (χ0n) is 10.8. The highest BCUT2D eigenvalue weighted by Crippen LogP contribution is 2.04. The van der Waals surface area contributed by atoms with Gasteiger partial charge in [0.15, 0.2) is 0 Å². The Kier molecular flexibility index (Phi) is 8.13. The first-order valence-electron chi connectivity index (χ1n) is 5.54. The van der Waals surface area contributed by atoms with Gasteiger partial charge in [0.1, 0.15) is 0 Å². The van der Waals surface area contributed by atoms with Crippen molar-refractivity contribution in [1.82, 2.24) is 0 Å². The van der Waals surface area contributed by atoms with Crippen molar-refractivity contribution in [3.8, 4) is 6.07 Å². The van der Waals surface area contributed by atoms with Gasteiger partial charge < -0.3 is 9.84 Å². The van der Waals surface area contributed by atoms with Gasteiger partial charge in [0.2, 0.25) is 0 Å². The van der Waals surface area contributed by atoms with Gasteiger partial charge in [0.05, 0.1) is 18.2 Å². The SMILES string of the molecule is CCOC(C)=O.N#Cc1ccc(/C=C/C(=O)O)cc1. The lowest BCUT2D eigenvalue weighted by Crippen LogP contribution is -1.95. The largest absolute Gasteiger partial charge is 0.478 e. The molecule has 0 aliphatic heterocycles. The predicted octanol–water partition coefficient (Wildman–Crippen LogP) is 2.23. The summed E-state index contributed by atoms with van der Waals surface area (Å²) in [7, 11) is 0. The maximum Gasteiger partial charge on any atom is 0.328 e. The van der Waals surface area contributed by atoms with E-state index >= 15 is 0 Å². The second-order valence-electron chi connectivity index (χ2n) is 3.33. The summed E-state index contributed by atoms with van der Waals surface area (Å²) in [5.41, 5.74) is 1.33. The highest BCUT2D eigenvalue weighted by atomic mass is 16.5. The number of nitriles is 1. The standard InChI is InChI=1S/C10H7NO2.C4H8O2/c11-7-9-3-1-8(2-4-9)5-6-10(12)13;1-3-6-4(2)5/h1-6H,(H,12,13);3H2,1-2H3/b6-5+;. The van der Waals surface area contributed by atoms with Crippen molar-refractivity contribution < 1.29 is 19.4 Å². The molecule has 0 amide bonds. The summed E-state index contributed by atoms with van der Waals surface area (Å²) < 4.78 is 4.40. The number of carbonyl (C=O) groups excluding carboxylic acids is 1. The van der Waals surface area contributed by atoms with E-state index in [-0.39, 0.29) is 5.97 Å². The summed E-state index contributed by atoms with van der Waals surface area (Å²) in [5.74, 6) is -1.19. The molecule has 0 saturated heterocycles. The Labute approximate surface area is 111 Å². The van der Waals surface area contributed by atoms with Crippen LogP contribution < -0.4 is 0 Å². The van der Waals surface area contributed by atoms with Gasteiger partial charge in [-0.3, -0.25) is 4.79 Å². The van der Waals surface area contributed by atoms with Crippen LogP contribution in [0.3, 0.4) is 0 Å². The summed E-state index contributed by atoms with van der Waals surface area (Å²) in [6, 6.07) is 8.64. The molecule has 0 aliphatic carbocycles. The van der Waals surface area contributed by atoms with E-state index in [2.05, 4.69) is 4.74 Å². The zero-order valence-corrected chi connectivity index (χ0v) is 10.8. The van der Waals surface area contributed by atoms with Crippen LogP contribution in [0, 0.1) is 11.3 Å². The van der Waals surface area contributed by atoms with E-state index in [9.17, 15) is 9.59 Å². The first-order chi connectivity index (χ1) is 8.99. The van der Waals surface area contributed by atoms with Crippen molar-refractivity contribution in [3.05, 3.63) is 41.5 Å². The second kappa shape index (κ2) is 9.42. The Morgan fingerprint density at radius 2 is 1.95 bits per heavy atom. The molecule has 0 atom stereocenters. The van der Waals surface area contributed by atoms with Crippen molar-refractivity contribution in [2.24, 2.45) is 0 Å². The van der Waals surface area contributed by atoms with E-state index in [1.807, 2.05) is 6.07 Å². The third-order valence-corrected chi connectivity index (χ3v) is 1.81. The number of carboxylic acids is 1. The topological polar surface area (TPSA) is 87.4 Å². The van der Waals surface area contributed by atoms with E-state index in [1.54, 1.807) is 31.2 Å². The summed E-state index contributed by atoms with van der Waals surface area (Å²) in [4.78, 5) is 20.0. The number of aliphatic carboxylic acids is 1. The fraction of sp³-hybridized carbons (Fsp3) is 0.214. The maximum atomic E-state index is 10.2. The Morgan fingerprint density at radius 1 is 1.37 bits per heavy atom. The molecule has 0 aromatic heterocycles. The van der Waals surface area contributed by atoms with E-state index in [4.69, 9.17) is 10.4 Å². The van der Waals surface area contributed by atoms with Gasteiger partial charge in [-0.1, -0.05) is 12.1 Å². The van der Waals surface area contributed by atoms with Crippen molar-refractivity contribution in [2.75, 3.05) is 6.61 Å². The Balaban J connectivity index is 0.000000459. The van der Waals surface area contributed by atoms with E-state index in [0.29, 0.717) is 12.2 Å². The van der Waals surface area contributed by atoms with Gasteiger partial charge in [-0.05, 0) is 30.7 Å². The average molecular weight is 261 g/mol. The first-order valence-corrected chi connectivity index (χ1v) is 5.54. The van der Waals surface area contributed by atoms with Crippen LogP contribution in [-0.4, -0.2) is 23.7 Å². The summed E-state index contributed by atoms with van der Waals surface area (Å²) in [6.45, 7) is 3.65. The number of hydrogen-bond acceptors (Lipinski definition) is 4. The minimum absolute atomic E-state index is 0.211. The summed E-state index contributed by atoms with van der Waals surface area (Å²) in [6.07, 6.45) is 2.53. The van der Waals surface area contributed by atoms with Crippen molar-refractivity contribution in [1.29, 1.82) is 5.26 Å². The molecule has 1 aromatic rings. The van der Waals surface area contributed by atoms with Crippen LogP contribution in [-0.2, 0) is 14.3 Å². The highest BCUT2D eigenvalue weighted by molar-refractivity contribution is 5.85. The molecule has 0 saturated carbocycles. The molecule has 0 heterocycles. The number of carboxylic acid groups (broad SMARTS) is 1. The highest BCUT2D eigenvalue weighted by Gasteiger charge is 1.90. The van der Waals surface area contributed by atoms with Crippen molar-refractivity contribution in [3.63, 3.8) is 0 Å². The Bertz CT molecular complexity index is 483. The number of carbonyl (C=O) groups is 2. The van der Waals surface area contributed by atoms with Gasteiger partial charge in [-0.15, -0.1) is 0 Å². The lowest BCUT2D eigenvalue weighted by atomic mass is 10.1. The van der Waals surface area contributed by atoms with Gasteiger partial charge in [0.25, 0.3) is 0 Å². The van der Waals surface area contributed by atoms with Gasteiger partial charge in [-0.2, -0.15) is 5.26 Å². The van der Waals surface area contributed by atoms with Crippen LogP contribution in [0.1, 0.15) is 25.0 Å². The molecule has 0 spiro atoms. The molecule has 1 rings (SSSR count). The lowest BCUT2D eigenvalue weighted by Gasteiger charge is -1.91. The van der Waals surface area contributed by atoms with E-state index in [1.165, 1.54) is 13.0 Å². The average Bonchev–Trinajstić information content (AvgIpc) is 2.37. The minimum Gasteiger partial charge on any atom is -0.478 e. The first kappa shape index (κ1) is 16.4. The molecule has 1 N–H and O–H groups in total. The third-order valence-electron chi connectivity index (χ3n) is 1.81. The van der Waals surface area contributed by atoms with E-state index < -0.39 is 5.97 Å². The molecule has 19 heavy (non-hydrogen) atoms. The molecule has 5 heteroatoms. The van der Waals surface area contributed by atoms with Crippen LogP contribution in [0.4, 0.5) is 0 Å². The number of esters is 1. The van der Waals surface area contributed by atoms with Crippen LogP contribution in [0.15, 0.2) is 30.3 Å². The number of nitrogens with zero attached hydrogens (tertiary/aromatic N) is 1. The van der Waals surface area contributed by atoms with Crippen LogP contribution in [0.5, 0.6) is 0 Å². The molecule has 0 bridgehead atoms.